The quantitative estimate of drug-likeness (QED) is 0.482. The summed E-state index contributed by atoms with van der Waals surface area (Å²) in [4.78, 5) is 16.4. The van der Waals surface area contributed by atoms with E-state index in [2.05, 4.69) is 33.6 Å². The Bertz CT molecular complexity index is 1160. The Balaban J connectivity index is 1.88. The lowest BCUT2D eigenvalue weighted by Gasteiger charge is -2.23. The minimum absolute atomic E-state index is 0.0237. The summed E-state index contributed by atoms with van der Waals surface area (Å²) in [7, 11) is 1.37. The third-order valence-corrected chi connectivity index (χ3v) is 5.13. The van der Waals surface area contributed by atoms with E-state index in [0.29, 0.717) is 16.5 Å². The highest BCUT2D eigenvalue weighted by atomic mass is 35.5. The predicted octanol–water partition coefficient (Wildman–Crippen LogP) is 4.99. The average Bonchev–Trinajstić information content (AvgIpc) is 3.30. The Hall–Kier alpha value is -2.86. The SMILES string of the molecule is COC(=O)c1cnc2c(ccn2C(CC(C)C)c2cc(Cl)cc3cn[nH]c23)c1. The van der Waals surface area contributed by atoms with E-state index in [1.54, 1.807) is 18.5 Å². The highest BCUT2D eigenvalue weighted by Crippen LogP contribution is 2.35. The van der Waals surface area contributed by atoms with Gasteiger partial charge >= 0.3 is 5.97 Å². The van der Waals surface area contributed by atoms with Gasteiger partial charge in [-0.05, 0) is 36.6 Å². The van der Waals surface area contributed by atoms with Gasteiger partial charge in [-0.25, -0.2) is 9.78 Å². The highest BCUT2D eigenvalue weighted by molar-refractivity contribution is 6.31. The zero-order valence-corrected chi connectivity index (χ0v) is 16.7. The molecule has 0 fully saturated rings. The Morgan fingerprint density at radius 2 is 2.07 bits per heavy atom. The molecular weight excluding hydrogens is 376 g/mol. The van der Waals surface area contributed by atoms with Crippen LogP contribution >= 0.6 is 11.6 Å². The first kappa shape index (κ1) is 18.5. The molecule has 6 nitrogen and oxygen atoms in total. The Morgan fingerprint density at radius 3 is 2.82 bits per heavy atom. The minimum Gasteiger partial charge on any atom is -0.465 e. The number of nitrogens with zero attached hydrogens (tertiary/aromatic N) is 3. The molecule has 28 heavy (non-hydrogen) atoms. The molecule has 144 valence electrons. The molecule has 1 unspecified atom stereocenters. The number of hydrogen-bond acceptors (Lipinski definition) is 4. The van der Waals surface area contributed by atoms with Crippen molar-refractivity contribution >= 4 is 39.5 Å². The van der Waals surface area contributed by atoms with E-state index in [1.807, 2.05) is 24.4 Å². The minimum atomic E-state index is -0.394. The summed E-state index contributed by atoms with van der Waals surface area (Å²) in [5, 5.41) is 9.84. The standard InChI is InChI=1S/C21H21ClN4O2/c1-12(2)6-18(17-9-16(22)8-14-11-24-25-19(14)17)26-5-4-13-7-15(21(27)28-3)10-23-20(13)26/h4-5,7-12,18H,6H2,1-3H3,(H,24,25). The summed E-state index contributed by atoms with van der Waals surface area (Å²) in [6.45, 7) is 4.38. The molecule has 0 amide bonds. The number of benzene rings is 1. The van der Waals surface area contributed by atoms with Crippen LogP contribution in [0.3, 0.4) is 0 Å². The van der Waals surface area contributed by atoms with Gasteiger partial charge in [-0.1, -0.05) is 25.4 Å². The van der Waals surface area contributed by atoms with Crippen LogP contribution in [-0.4, -0.2) is 32.8 Å². The number of carbonyl (C=O) groups is 1. The van der Waals surface area contributed by atoms with Gasteiger partial charge in [-0.2, -0.15) is 5.10 Å². The molecule has 0 aliphatic carbocycles. The van der Waals surface area contributed by atoms with Crippen LogP contribution in [0.2, 0.25) is 5.02 Å². The lowest BCUT2D eigenvalue weighted by Crippen LogP contribution is -2.14. The molecular formula is C21H21ClN4O2. The van der Waals surface area contributed by atoms with E-state index >= 15 is 0 Å². The van der Waals surface area contributed by atoms with Gasteiger partial charge < -0.3 is 9.30 Å². The van der Waals surface area contributed by atoms with Crippen LogP contribution in [0.15, 0.2) is 42.9 Å². The Kier molecular flexibility index (Phi) is 4.81. The third kappa shape index (κ3) is 3.24. The molecule has 3 aromatic heterocycles. The van der Waals surface area contributed by atoms with E-state index in [0.717, 1.165) is 33.9 Å². The highest BCUT2D eigenvalue weighted by Gasteiger charge is 2.22. The fourth-order valence-corrected chi connectivity index (χ4v) is 3.91. The fraction of sp³-hybridized carbons (Fsp3) is 0.286. The number of aromatic nitrogens is 4. The van der Waals surface area contributed by atoms with Gasteiger partial charge in [0.25, 0.3) is 0 Å². The second kappa shape index (κ2) is 7.28. The number of halogens is 1. The summed E-state index contributed by atoms with van der Waals surface area (Å²) in [6, 6.07) is 7.70. The molecule has 0 saturated heterocycles. The molecule has 4 rings (SSSR count). The third-order valence-electron chi connectivity index (χ3n) is 4.91. The van der Waals surface area contributed by atoms with E-state index in [9.17, 15) is 4.79 Å². The number of fused-ring (bicyclic) bond motifs is 2. The van der Waals surface area contributed by atoms with Crippen LogP contribution in [0.1, 0.15) is 42.2 Å². The Morgan fingerprint density at radius 1 is 1.25 bits per heavy atom. The van der Waals surface area contributed by atoms with Gasteiger partial charge in [0.2, 0.25) is 0 Å². The van der Waals surface area contributed by atoms with Crippen LogP contribution in [0.25, 0.3) is 21.9 Å². The Labute approximate surface area is 167 Å². The number of esters is 1. The van der Waals surface area contributed by atoms with E-state index in [1.165, 1.54) is 7.11 Å². The second-order valence-corrected chi connectivity index (χ2v) is 7.76. The number of aromatic amines is 1. The van der Waals surface area contributed by atoms with Crippen molar-refractivity contribution in [1.29, 1.82) is 0 Å². The lowest BCUT2D eigenvalue weighted by atomic mass is 9.95. The smallest absolute Gasteiger partial charge is 0.339 e. The van der Waals surface area contributed by atoms with Crippen molar-refractivity contribution < 1.29 is 9.53 Å². The molecule has 1 atom stereocenters. The van der Waals surface area contributed by atoms with E-state index < -0.39 is 5.97 Å². The molecule has 7 heteroatoms. The molecule has 0 bridgehead atoms. The number of carbonyl (C=O) groups excluding carboxylic acids is 1. The van der Waals surface area contributed by atoms with Crippen LogP contribution in [-0.2, 0) is 4.74 Å². The zero-order chi connectivity index (χ0) is 19.8. The predicted molar refractivity (Wildman–Crippen MR) is 110 cm³/mol. The summed E-state index contributed by atoms with van der Waals surface area (Å²) in [5.74, 6) is 0.0589. The molecule has 1 N–H and O–H groups in total. The van der Waals surface area contributed by atoms with Crippen molar-refractivity contribution in [2.45, 2.75) is 26.3 Å². The van der Waals surface area contributed by atoms with Gasteiger partial charge in [0.1, 0.15) is 5.65 Å². The van der Waals surface area contributed by atoms with Gasteiger partial charge in [0.15, 0.2) is 0 Å². The van der Waals surface area contributed by atoms with E-state index in [-0.39, 0.29) is 6.04 Å². The summed E-state index contributed by atoms with van der Waals surface area (Å²) >= 11 is 6.39. The maximum absolute atomic E-state index is 11.8. The monoisotopic (exact) mass is 396 g/mol. The maximum atomic E-state index is 11.8. The van der Waals surface area contributed by atoms with Crippen LogP contribution in [0, 0.1) is 5.92 Å². The number of nitrogens with one attached hydrogen (secondary N) is 1. The van der Waals surface area contributed by atoms with Gasteiger partial charge in [-0.15, -0.1) is 0 Å². The molecule has 4 aromatic rings. The van der Waals surface area contributed by atoms with Crippen LogP contribution in [0.5, 0.6) is 0 Å². The van der Waals surface area contributed by atoms with Gasteiger partial charge in [0.05, 0.1) is 30.4 Å². The zero-order valence-electron chi connectivity index (χ0n) is 15.9. The summed E-state index contributed by atoms with van der Waals surface area (Å²) in [5.41, 5.74) is 3.30. The molecule has 0 spiro atoms. The summed E-state index contributed by atoms with van der Waals surface area (Å²) in [6.07, 6.45) is 6.25. The number of methoxy groups -OCH3 is 1. The van der Waals surface area contributed by atoms with Gasteiger partial charge in [0, 0.05) is 33.8 Å². The molecule has 0 aliphatic rings. The maximum Gasteiger partial charge on any atom is 0.339 e. The molecule has 0 saturated carbocycles. The van der Waals surface area contributed by atoms with Crippen molar-refractivity contribution in [2.75, 3.05) is 7.11 Å². The first-order chi connectivity index (χ1) is 13.5. The molecule has 3 heterocycles. The number of rotatable bonds is 5. The van der Waals surface area contributed by atoms with Crippen molar-refractivity contribution in [2.24, 2.45) is 5.92 Å². The molecule has 1 aromatic carbocycles. The normalized spacial score (nSPS) is 12.8. The second-order valence-electron chi connectivity index (χ2n) is 7.33. The fourth-order valence-electron chi connectivity index (χ4n) is 3.67. The van der Waals surface area contributed by atoms with Crippen LogP contribution < -0.4 is 0 Å². The molecule has 0 aliphatic heterocycles. The van der Waals surface area contributed by atoms with Crippen molar-refractivity contribution in [3.63, 3.8) is 0 Å². The number of pyridine rings is 1. The van der Waals surface area contributed by atoms with Gasteiger partial charge in [-0.3, -0.25) is 5.10 Å². The topological polar surface area (TPSA) is 72.8 Å². The van der Waals surface area contributed by atoms with Crippen molar-refractivity contribution in [3.05, 3.63) is 59.0 Å². The van der Waals surface area contributed by atoms with Crippen molar-refractivity contribution in [3.8, 4) is 0 Å². The first-order valence-corrected chi connectivity index (χ1v) is 9.53. The number of H-pyrrole nitrogens is 1. The van der Waals surface area contributed by atoms with E-state index in [4.69, 9.17) is 16.3 Å². The first-order valence-electron chi connectivity index (χ1n) is 9.15. The summed E-state index contributed by atoms with van der Waals surface area (Å²) < 4.78 is 6.94. The van der Waals surface area contributed by atoms with Crippen molar-refractivity contribution in [1.82, 2.24) is 19.7 Å². The molecule has 0 radical (unpaired) electrons. The lowest BCUT2D eigenvalue weighted by molar-refractivity contribution is 0.0600. The van der Waals surface area contributed by atoms with Crippen LogP contribution in [0.4, 0.5) is 0 Å². The largest absolute Gasteiger partial charge is 0.465 e. The number of ether oxygens (including phenoxy) is 1. The number of hydrogen-bond donors (Lipinski definition) is 1. The average molecular weight is 397 g/mol.